The van der Waals surface area contributed by atoms with Crippen molar-refractivity contribution in [3.8, 4) is 0 Å². The fourth-order valence-corrected chi connectivity index (χ4v) is 59.8. The SMILES string of the molecule is CC(C)(C)C1=C(C(C)(C)C)[Si]23C(C(C)(C)C)=C(C(C)(C)C)[C@@]2(C(C)(C)C)[Si]2(C([Si](C)(C)C)=C2[Si](C)(C)C)[C@]13C(C)(C)C. The summed E-state index contributed by atoms with van der Waals surface area (Å²) in [5.41, 5.74) is 5.13. The van der Waals surface area contributed by atoms with Crippen molar-refractivity contribution < 1.29 is 0 Å². The van der Waals surface area contributed by atoms with Crippen LogP contribution in [0.15, 0.2) is 31.2 Å². The molecule has 240 valence electrons. The third-order valence-corrected chi connectivity index (χ3v) is 41.2. The molecule has 0 aromatic heterocycles. The summed E-state index contributed by atoms with van der Waals surface area (Å²) in [5.74, 6) is 0. The zero-order valence-corrected chi connectivity index (χ0v) is 37.0. The lowest BCUT2D eigenvalue weighted by molar-refractivity contribution is 0.187. The molecule has 4 heterocycles. The van der Waals surface area contributed by atoms with Crippen molar-refractivity contribution in [1.82, 2.24) is 0 Å². The molecule has 2 atom stereocenters. The van der Waals surface area contributed by atoms with E-state index < -0.39 is 32.3 Å². The van der Waals surface area contributed by atoms with Crippen LogP contribution in [0.1, 0.15) is 125 Å². The molecule has 0 aromatic carbocycles. The minimum atomic E-state index is -2.23. The number of rotatable bonds is 2. The van der Waals surface area contributed by atoms with Crippen LogP contribution in [-0.4, -0.2) is 32.3 Å². The van der Waals surface area contributed by atoms with E-state index in [0.29, 0.717) is 9.32 Å². The molecule has 0 radical (unpaired) electrons. The summed E-state index contributed by atoms with van der Waals surface area (Å²) in [4.78, 5) is 4.35. The van der Waals surface area contributed by atoms with Gasteiger partial charge in [0.15, 0.2) is 0 Å². The summed E-state index contributed by atoms with van der Waals surface area (Å²) in [7, 11) is -7.57. The van der Waals surface area contributed by atoms with Gasteiger partial charge >= 0.3 is 0 Å². The molecule has 1 fully saturated rings. The lowest BCUT2D eigenvalue weighted by atomic mass is 9.68. The van der Waals surface area contributed by atoms with E-state index in [0.717, 1.165) is 0 Å². The maximum absolute atomic E-state index is 2.74. The van der Waals surface area contributed by atoms with Crippen LogP contribution in [0.3, 0.4) is 0 Å². The monoisotopic (exact) mass is 640 g/mol. The molecule has 0 N–H and O–H groups in total. The van der Waals surface area contributed by atoms with Gasteiger partial charge in [0.25, 0.3) is 0 Å². The molecule has 0 saturated carbocycles. The summed E-state index contributed by atoms with van der Waals surface area (Å²) < 4.78 is 0.757. The molecule has 0 aromatic rings. The lowest BCUT2D eigenvalue weighted by Gasteiger charge is -2.97. The zero-order chi connectivity index (χ0) is 33.5. The maximum atomic E-state index is 2.74. The highest BCUT2D eigenvalue weighted by Gasteiger charge is 3.08. The van der Waals surface area contributed by atoms with E-state index in [4.69, 9.17) is 0 Å². The highest BCUT2D eigenvalue weighted by Crippen LogP contribution is 3.07. The molecule has 0 unspecified atom stereocenters. The molecule has 4 rings (SSSR count). The predicted octanol–water partition coefficient (Wildman–Crippen LogP) is 12.6. The highest BCUT2D eigenvalue weighted by molar-refractivity contribution is 7.48. The number of hydrogen-bond donors (Lipinski definition) is 0. The first-order valence-corrected chi connectivity index (χ1v) is 28.2. The molecule has 4 aliphatic heterocycles. The van der Waals surface area contributed by atoms with E-state index in [9.17, 15) is 0 Å². The van der Waals surface area contributed by atoms with Gasteiger partial charge in [-0.05, 0) is 32.5 Å². The fourth-order valence-electron chi connectivity index (χ4n) is 13.0. The third-order valence-electron chi connectivity index (χ3n) is 11.9. The van der Waals surface area contributed by atoms with Crippen molar-refractivity contribution in [3.05, 3.63) is 31.2 Å². The number of hydrogen-bond acceptors (Lipinski definition) is 0. The molecule has 0 amide bonds. The summed E-state index contributed by atoms with van der Waals surface area (Å²) in [5, 5.41) is 4.00. The second-order valence-corrected chi connectivity index (χ2v) is 43.2. The summed E-state index contributed by atoms with van der Waals surface area (Å²) in [6.45, 7) is 64.1. The largest absolute Gasteiger partial charge is 0.127 e. The standard InChI is InChI=1S/C38H72Si4/c1-31(2,3)25-27(33(7,8)9)41-28(34(10,11)12)26(32(4,5)6)38(41,36(16,17)18)42(37(25,41)35(13,14)15)29(39(19,20)21)30(42)40(22,23)24/h1-24H3/t37-,38-,41?/m0/s1. The Balaban J connectivity index is 2.52. The van der Waals surface area contributed by atoms with Crippen LogP contribution >= 0.6 is 0 Å². The fraction of sp³-hybridized carbons (Fsp3) is 0.842. The van der Waals surface area contributed by atoms with Crippen molar-refractivity contribution in [2.45, 2.75) is 173 Å². The predicted molar refractivity (Wildman–Crippen MR) is 201 cm³/mol. The Morgan fingerprint density at radius 2 is 0.619 bits per heavy atom. The van der Waals surface area contributed by atoms with Crippen molar-refractivity contribution in [2.75, 3.05) is 0 Å². The van der Waals surface area contributed by atoms with E-state index >= 15 is 0 Å². The van der Waals surface area contributed by atoms with Gasteiger partial charge in [0.05, 0.1) is 16.1 Å². The molecule has 4 heteroatoms. The van der Waals surface area contributed by atoms with E-state index in [2.05, 4.69) is 174 Å². The average Bonchev–Trinajstić information content (AvgIpc) is 3.25. The Hall–Kier alpha value is 0.0875. The van der Waals surface area contributed by atoms with Crippen molar-refractivity contribution in [3.63, 3.8) is 0 Å². The Kier molecular flexibility index (Phi) is 6.77. The Bertz CT molecular complexity index is 1220. The molecule has 0 nitrogen and oxygen atoms in total. The second-order valence-electron chi connectivity index (χ2n) is 23.2. The van der Waals surface area contributed by atoms with Crippen LogP contribution in [-0.2, 0) is 0 Å². The number of fused-ring (bicyclic) bond motifs is 2. The molecule has 0 aliphatic carbocycles. The van der Waals surface area contributed by atoms with Crippen LogP contribution in [0.2, 0.25) is 48.6 Å². The lowest BCUT2D eigenvalue weighted by Crippen LogP contribution is -3.01. The molecule has 42 heavy (non-hydrogen) atoms. The Labute approximate surface area is 268 Å². The molecule has 4 aliphatic rings. The summed E-state index contributed by atoms with van der Waals surface area (Å²) in [6.07, 6.45) is 0. The van der Waals surface area contributed by atoms with Crippen molar-refractivity contribution in [2.24, 2.45) is 32.5 Å². The van der Waals surface area contributed by atoms with Gasteiger partial charge in [-0.1, -0.05) is 195 Å². The van der Waals surface area contributed by atoms with E-state index in [1.807, 2.05) is 21.5 Å². The smallest absolute Gasteiger partial charge is 0.0935 e. The molecule has 2 spiro atoms. The topological polar surface area (TPSA) is 0 Å². The van der Waals surface area contributed by atoms with E-state index in [1.165, 1.54) is 0 Å². The van der Waals surface area contributed by atoms with Gasteiger partial charge in [0.1, 0.15) is 16.1 Å². The molecular weight excluding hydrogens is 569 g/mol. The van der Waals surface area contributed by atoms with Gasteiger partial charge < -0.3 is 0 Å². The second kappa shape index (κ2) is 8.14. The van der Waals surface area contributed by atoms with Gasteiger partial charge in [-0.2, -0.15) is 0 Å². The van der Waals surface area contributed by atoms with Gasteiger partial charge in [-0.25, -0.2) is 0 Å². The average molecular weight is 641 g/mol. The Morgan fingerprint density at radius 3 is 0.762 bits per heavy atom. The van der Waals surface area contributed by atoms with Crippen molar-refractivity contribution in [1.29, 1.82) is 0 Å². The van der Waals surface area contributed by atoms with Crippen LogP contribution in [0.25, 0.3) is 0 Å². The van der Waals surface area contributed by atoms with E-state index in [1.54, 1.807) is 0 Å². The minimum Gasteiger partial charge on any atom is -0.0935 e. The maximum Gasteiger partial charge on any atom is 0.127 e. The third kappa shape index (κ3) is 3.31. The van der Waals surface area contributed by atoms with Crippen LogP contribution < -0.4 is 0 Å². The summed E-state index contributed by atoms with van der Waals surface area (Å²) >= 11 is 0. The van der Waals surface area contributed by atoms with Crippen LogP contribution in [0.4, 0.5) is 0 Å². The van der Waals surface area contributed by atoms with Gasteiger partial charge in [-0.3, -0.25) is 0 Å². The molecule has 0 bridgehead atoms. The highest BCUT2D eigenvalue weighted by atomic mass is 28.5. The molecular formula is C38H72Si4. The van der Waals surface area contributed by atoms with Crippen molar-refractivity contribution >= 4 is 32.3 Å². The number of allylic oxidation sites excluding steroid dienone is 4. The first-order chi connectivity index (χ1) is 18.0. The summed E-state index contributed by atoms with van der Waals surface area (Å²) in [6, 6.07) is 0. The normalized spacial score (nSPS) is 32.0. The van der Waals surface area contributed by atoms with E-state index in [-0.39, 0.29) is 32.5 Å². The first-order valence-electron chi connectivity index (χ1n) is 17.2. The first kappa shape index (κ1) is 35.0. The minimum absolute atomic E-state index is 0.177. The van der Waals surface area contributed by atoms with Gasteiger partial charge in [0.2, 0.25) is 0 Å². The van der Waals surface area contributed by atoms with Gasteiger partial charge in [-0.15, -0.1) is 0 Å². The Morgan fingerprint density at radius 1 is 0.381 bits per heavy atom. The zero-order valence-electron chi connectivity index (χ0n) is 33.0. The molecule has 1 saturated heterocycles. The quantitative estimate of drug-likeness (QED) is 0.263. The van der Waals surface area contributed by atoms with Gasteiger partial charge in [0, 0.05) is 9.32 Å². The van der Waals surface area contributed by atoms with Crippen LogP contribution in [0, 0.1) is 32.5 Å². The van der Waals surface area contributed by atoms with Crippen LogP contribution in [0.5, 0.6) is 0 Å².